The molecule has 7 heteroatoms. The summed E-state index contributed by atoms with van der Waals surface area (Å²) in [6.07, 6.45) is 0.475. The van der Waals surface area contributed by atoms with Gasteiger partial charge in [-0.2, -0.15) is 0 Å². The van der Waals surface area contributed by atoms with Crippen molar-refractivity contribution in [2.24, 2.45) is 5.92 Å². The molecule has 0 bridgehead atoms. The van der Waals surface area contributed by atoms with Crippen LogP contribution >= 0.6 is 15.9 Å². The molecule has 1 aliphatic heterocycles. The lowest BCUT2D eigenvalue weighted by atomic mass is 10.0. The molecule has 1 aromatic carbocycles. The summed E-state index contributed by atoms with van der Waals surface area (Å²) in [6, 6.07) is 4.63. The molecule has 0 aromatic heterocycles. The first-order valence-electron chi connectivity index (χ1n) is 6.58. The van der Waals surface area contributed by atoms with Crippen molar-refractivity contribution in [2.75, 3.05) is 19.0 Å². The van der Waals surface area contributed by atoms with Crippen LogP contribution in [-0.2, 0) is 4.79 Å². The number of carbonyl (C=O) groups excluding carboxylic acids is 1. The number of carboxylic acids is 1. The second-order valence-electron chi connectivity index (χ2n) is 4.94. The minimum absolute atomic E-state index is 0.305. The highest BCUT2D eigenvalue weighted by Gasteiger charge is 2.38. The molecule has 1 aromatic rings. The average Bonchev–Trinajstić information content (AvgIpc) is 2.83. The van der Waals surface area contributed by atoms with E-state index in [4.69, 9.17) is 9.84 Å². The molecule has 0 saturated carbocycles. The first kappa shape index (κ1) is 15.6. The average molecular weight is 357 g/mol. The Morgan fingerprint density at radius 2 is 2.19 bits per heavy atom. The molecular weight excluding hydrogens is 340 g/mol. The van der Waals surface area contributed by atoms with Gasteiger partial charge in [0.1, 0.15) is 5.75 Å². The summed E-state index contributed by atoms with van der Waals surface area (Å²) in [6.45, 7) is 2.19. The van der Waals surface area contributed by atoms with Crippen LogP contribution in [-0.4, -0.2) is 41.7 Å². The number of aliphatic carboxylic acids is 1. The number of nitrogens with one attached hydrogen (secondary N) is 1. The monoisotopic (exact) mass is 356 g/mol. The van der Waals surface area contributed by atoms with Gasteiger partial charge in [0, 0.05) is 23.1 Å². The van der Waals surface area contributed by atoms with E-state index in [9.17, 15) is 9.59 Å². The van der Waals surface area contributed by atoms with E-state index in [-0.39, 0.29) is 12.1 Å². The maximum Gasteiger partial charge on any atom is 0.322 e. The van der Waals surface area contributed by atoms with Crippen molar-refractivity contribution >= 4 is 33.6 Å². The predicted octanol–water partition coefficient (Wildman–Crippen LogP) is 2.78. The predicted molar refractivity (Wildman–Crippen MR) is 81.6 cm³/mol. The normalized spacial score (nSPS) is 21.2. The van der Waals surface area contributed by atoms with E-state index in [0.29, 0.717) is 24.4 Å². The Labute approximate surface area is 131 Å². The van der Waals surface area contributed by atoms with E-state index in [1.165, 1.54) is 0 Å². The number of hydrogen-bond acceptors (Lipinski definition) is 3. The lowest BCUT2D eigenvalue weighted by Crippen LogP contribution is -2.40. The second-order valence-corrected chi connectivity index (χ2v) is 5.80. The maximum absolute atomic E-state index is 12.3. The van der Waals surface area contributed by atoms with Crippen LogP contribution in [0.5, 0.6) is 5.75 Å². The van der Waals surface area contributed by atoms with Crippen LogP contribution in [0.15, 0.2) is 22.7 Å². The third kappa shape index (κ3) is 3.29. The summed E-state index contributed by atoms with van der Waals surface area (Å²) < 4.78 is 5.86. The van der Waals surface area contributed by atoms with E-state index < -0.39 is 11.9 Å². The fourth-order valence-corrected chi connectivity index (χ4v) is 2.82. The number of halogens is 1. The molecule has 1 fully saturated rings. The van der Waals surface area contributed by atoms with Gasteiger partial charge in [-0.1, -0.05) is 0 Å². The molecular formula is C14H17BrN2O4. The Morgan fingerprint density at radius 1 is 1.48 bits per heavy atom. The molecule has 2 amide bonds. The number of hydrogen-bond donors (Lipinski definition) is 2. The van der Waals surface area contributed by atoms with E-state index in [1.54, 1.807) is 37.1 Å². The summed E-state index contributed by atoms with van der Waals surface area (Å²) >= 11 is 3.36. The number of carbonyl (C=O) groups is 2. The summed E-state index contributed by atoms with van der Waals surface area (Å²) in [5, 5.41) is 11.9. The molecule has 0 radical (unpaired) electrons. The number of urea groups is 1. The van der Waals surface area contributed by atoms with Gasteiger partial charge in [0.2, 0.25) is 0 Å². The molecule has 1 heterocycles. The molecule has 2 atom stereocenters. The van der Waals surface area contributed by atoms with Gasteiger partial charge >= 0.3 is 12.0 Å². The van der Waals surface area contributed by atoms with E-state index >= 15 is 0 Å². The molecule has 21 heavy (non-hydrogen) atoms. The smallest absolute Gasteiger partial charge is 0.322 e. The Bertz CT molecular complexity index is 564. The largest absolute Gasteiger partial charge is 0.497 e. The maximum atomic E-state index is 12.3. The Hall–Kier alpha value is -1.76. The molecule has 1 aliphatic rings. The third-order valence-electron chi connectivity index (χ3n) is 3.75. The number of likely N-dealkylation sites (tertiary alicyclic amines) is 1. The lowest BCUT2D eigenvalue weighted by molar-refractivity contribution is -0.142. The highest BCUT2D eigenvalue weighted by atomic mass is 79.9. The quantitative estimate of drug-likeness (QED) is 0.872. The molecule has 0 spiro atoms. The van der Waals surface area contributed by atoms with Gasteiger partial charge in [0.15, 0.2) is 0 Å². The van der Waals surface area contributed by atoms with Crippen molar-refractivity contribution < 1.29 is 19.4 Å². The van der Waals surface area contributed by atoms with Gasteiger partial charge in [-0.25, -0.2) is 4.79 Å². The summed E-state index contributed by atoms with van der Waals surface area (Å²) in [5.41, 5.74) is 0.588. The zero-order valence-corrected chi connectivity index (χ0v) is 13.4. The molecule has 1 saturated heterocycles. The number of amides is 2. The summed E-state index contributed by atoms with van der Waals surface area (Å²) in [4.78, 5) is 24.9. The summed E-state index contributed by atoms with van der Waals surface area (Å²) in [7, 11) is 1.55. The van der Waals surface area contributed by atoms with Gasteiger partial charge in [0.05, 0.1) is 18.7 Å². The van der Waals surface area contributed by atoms with Crippen molar-refractivity contribution in [2.45, 2.75) is 19.4 Å². The lowest BCUT2D eigenvalue weighted by Gasteiger charge is -2.24. The van der Waals surface area contributed by atoms with Crippen LogP contribution in [0.2, 0.25) is 0 Å². The van der Waals surface area contributed by atoms with Crippen LogP contribution in [0.3, 0.4) is 0 Å². The molecule has 6 nitrogen and oxygen atoms in total. The topological polar surface area (TPSA) is 78.9 Å². The van der Waals surface area contributed by atoms with E-state index in [0.717, 1.165) is 4.47 Å². The molecule has 0 aliphatic carbocycles. The third-order valence-corrected chi connectivity index (χ3v) is 4.44. The fraction of sp³-hybridized carbons (Fsp3) is 0.429. The first-order valence-corrected chi connectivity index (χ1v) is 7.37. The van der Waals surface area contributed by atoms with Crippen LogP contribution in [0.1, 0.15) is 13.3 Å². The van der Waals surface area contributed by atoms with Crippen LogP contribution < -0.4 is 10.1 Å². The van der Waals surface area contributed by atoms with Crippen molar-refractivity contribution in [3.05, 3.63) is 22.7 Å². The standard InChI is InChI=1S/C14H17BrN2O4/c1-8-10(13(18)19)5-6-17(8)14(20)16-12-7-9(21-2)3-4-11(12)15/h3-4,7-8,10H,5-6H2,1-2H3,(H,16,20)(H,18,19). The van der Waals surface area contributed by atoms with Crippen LogP contribution in [0, 0.1) is 5.92 Å². The van der Waals surface area contributed by atoms with E-state index in [2.05, 4.69) is 21.2 Å². The van der Waals surface area contributed by atoms with Crippen molar-refractivity contribution in [1.82, 2.24) is 4.90 Å². The van der Waals surface area contributed by atoms with Crippen molar-refractivity contribution in [3.8, 4) is 5.75 Å². The highest BCUT2D eigenvalue weighted by Crippen LogP contribution is 2.29. The van der Waals surface area contributed by atoms with Gasteiger partial charge < -0.3 is 20.1 Å². The molecule has 114 valence electrons. The number of nitrogens with zero attached hydrogens (tertiary/aromatic N) is 1. The molecule has 2 N–H and O–H groups in total. The van der Waals surface area contributed by atoms with Crippen molar-refractivity contribution in [1.29, 1.82) is 0 Å². The van der Waals surface area contributed by atoms with Crippen molar-refractivity contribution in [3.63, 3.8) is 0 Å². The highest BCUT2D eigenvalue weighted by molar-refractivity contribution is 9.10. The number of anilines is 1. The number of ether oxygens (including phenoxy) is 1. The Morgan fingerprint density at radius 3 is 2.76 bits per heavy atom. The SMILES string of the molecule is COc1ccc(Br)c(NC(=O)N2CCC(C(=O)O)C2C)c1. The molecule has 2 unspecified atom stereocenters. The van der Waals surface area contributed by atoms with Crippen LogP contribution in [0.25, 0.3) is 0 Å². The van der Waals surface area contributed by atoms with Crippen LogP contribution in [0.4, 0.5) is 10.5 Å². The summed E-state index contributed by atoms with van der Waals surface area (Å²) in [5.74, 6) is -0.740. The van der Waals surface area contributed by atoms with Gasteiger partial charge in [-0.15, -0.1) is 0 Å². The van der Waals surface area contributed by atoms with Gasteiger partial charge in [-0.3, -0.25) is 4.79 Å². The van der Waals surface area contributed by atoms with E-state index in [1.807, 2.05) is 0 Å². The minimum atomic E-state index is -0.861. The first-order chi connectivity index (χ1) is 9.93. The Balaban J connectivity index is 2.10. The minimum Gasteiger partial charge on any atom is -0.497 e. The number of benzene rings is 1. The second kappa shape index (κ2) is 6.34. The number of methoxy groups -OCH3 is 1. The zero-order valence-electron chi connectivity index (χ0n) is 11.8. The van der Waals surface area contributed by atoms with Gasteiger partial charge in [-0.05, 0) is 41.4 Å². The van der Waals surface area contributed by atoms with Gasteiger partial charge in [0.25, 0.3) is 0 Å². The fourth-order valence-electron chi connectivity index (χ4n) is 2.47. The Kier molecular flexibility index (Phi) is 4.72. The molecule has 2 rings (SSSR count). The number of carboxylic acid groups (broad SMARTS) is 1. The number of rotatable bonds is 3. The zero-order chi connectivity index (χ0) is 15.6.